The Kier molecular flexibility index (Phi) is 10.3. The summed E-state index contributed by atoms with van der Waals surface area (Å²) in [6.07, 6.45) is 0.646. The zero-order valence-electron chi connectivity index (χ0n) is 22.5. The summed E-state index contributed by atoms with van der Waals surface area (Å²) in [5.74, 6) is 0. The normalized spacial score (nSPS) is 11.8. The molecule has 216 valence electrons. The molecule has 0 saturated heterocycles. The van der Waals surface area contributed by atoms with Gasteiger partial charge in [0.2, 0.25) is 0 Å². The standard InChI is InChI=1S/C29H31F3N6O3/c1-40-14-12-37(20-22-6-3-2-4-7-22)13-15-41-35-18-23-10-11-38-26(19-33-27(38)16-23)24-8-5-9-25(17-24)36-28(39)34-21-29(30,31)32/h2-11,16-19H,12-15,20-21H2,1H3,(H2,34,36,39). The van der Waals surface area contributed by atoms with E-state index in [2.05, 4.69) is 32.5 Å². The van der Waals surface area contributed by atoms with Crippen molar-refractivity contribution in [1.29, 1.82) is 0 Å². The average molecular weight is 569 g/mol. The Morgan fingerprint density at radius 3 is 2.66 bits per heavy atom. The molecule has 2 N–H and O–H groups in total. The van der Waals surface area contributed by atoms with Gasteiger partial charge in [-0.25, -0.2) is 9.78 Å². The van der Waals surface area contributed by atoms with Crippen LogP contribution in [0.3, 0.4) is 0 Å². The molecule has 0 bridgehead atoms. The second-order valence-electron chi connectivity index (χ2n) is 9.16. The minimum absolute atomic E-state index is 0.350. The van der Waals surface area contributed by atoms with E-state index < -0.39 is 18.8 Å². The van der Waals surface area contributed by atoms with Gasteiger partial charge in [-0.1, -0.05) is 47.6 Å². The minimum atomic E-state index is -4.49. The van der Waals surface area contributed by atoms with Crippen molar-refractivity contribution in [2.24, 2.45) is 5.16 Å². The van der Waals surface area contributed by atoms with Gasteiger partial charge in [0.1, 0.15) is 18.8 Å². The van der Waals surface area contributed by atoms with Gasteiger partial charge in [0, 0.05) is 49.8 Å². The molecule has 0 spiro atoms. The van der Waals surface area contributed by atoms with E-state index in [-0.39, 0.29) is 0 Å². The first-order valence-electron chi connectivity index (χ1n) is 12.9. The van der Waals surface area contributed by atoms with E-state index in [1.165, 1.54) is 5.56 Å². The molecular weight excluding hydrogens is 537 g/mol. The summed E-state index contributed by atoms with van der Waals surface area (Å²) in [6.45, 7) is 1.89. The highest BCUT2D eigenvalue weighted by molar-refractivity contribution is 5.90. The summed E-state index contributed by atoms with van der Waals surface area (Å²) in [7, 11) is 1.68. The van der Waals surface area contributed by atoms with Crippen molar-refractivity contribution in [3.8, 4) is 11.3 Å². The number of aromatic nitrogens is 2. The van der Waals surface area contributed by atoms with Crippen LogP contribution in [0.2, 0.25) is 0 Å². The molecule has 12 heteroatoms. The Balaban J connectivity index is 1.33. The number of oxime groups is 1. The maximum atomic E-state index is 12.3. The lowest BCUT2D eigenvalue weighted by atomic mass is 10.1. The number of rotatable bonds is 13. The predicted molar refractivity (Wildman–Crippen MR) is 151 cm³/mol. The van der Waals surface area contributed by atoms with Crippen LogP contribution in [0.1, 0.15) is 11.1 Å². The maximum absolute atomic E-state index is 12.3. The number of anilines is 1. The molecular formula is C29H31F3N6O3. The van der Waals surface area contributed by atoms with Crippen molar-refractivity contribution in [2.45, 2.75) is 12.7 Å². The number of hydrogen-bond acceptors (Lipinski definition) is 6. The molecule has 0 radical (unpaired) electrons. The van der Waals surface area contributed by atoms with E-state index in [1.54, 1.807) is 43.0 Å². The first-order valence-corrected chi connectivity index (χ1v) is 12.9. The van der Waals surface area contributed by atoms with Crippen LogP contribution in [-0.4, -0.2) is 72.7 Å². The SMILES string of the molecule is COCCN(CCON=Cc1ccn2c(-c3cccc(NC(=O)NCC(F)(F)F)c3)cnc2c1)Cc1ccccc1. The monoisotopic (exact) mass is 568 g/mol. The Hall–Kier alpha value is -4.42. The van der Waals surface area contributed by atoms with Crippen molar-refractivity contribution in [1.82, 2.24) is 19.6 Å². The molecule has 2 amide bonds. The molecule has 0 unspecified atom stereocenters. The van der Waals surface area contributed by atoms with Crippen LogP contribution in [0.25, 0.3) is 16.9 Å². The molecule has 0 aliphatic heterocycles. The lowest BCUT2D eigenvalue weighted by Crippen LogP contribution is -2.36. The quantitative estimate of drug-likeness (QED) is 0.132. The Labute approximate surface area is 235 Å². The number of methoxy groups -OCH3 is 1. The first kappa shape index (κ1) is 29.6. The van der Waals surface area contributed by atoms with Crippen molar-refractivity contribution < 1.29 is 27.5 Å². The number of pyridine rings is 1. The third kappa shape index (κ3) is 9.33. The van der Waals surface area contributed by atoms with E-state index in [4.69, 9.17) is 9.57 Å². The van der Waals surface area contributed by atoms with Gasteiger partial charge in [-0.2, -0.15) is 13.2 Å². The summed E-state index contributed by atoms with van der Waals surface area (Å²) in [5, 5.41) is 8.31. The fourth-order valence-corrected chi connectivity index (χ4v) is 4.06. The highest BCUT2D eigenvalue weighted by Crippen LogP contribution is 2.24. The Bertz CT molecular complexity index is 1440. The van der Waals surface area contributed by atoms with Crippen molar-refractivity contribution in [3.63, 3.8) is 0 Å². The smallest absolute Gasteiger partial charge is 0.394 e. The number of amides is 2. The fourth-order valence-electron chi connectivity index (χ4n) is 4.06. The van der Waals surface area contributed by atoms with E-state index >= 15 is 0 Å². The fraction of sp³-hybridized carbons (Fsp3) is 0.276. The number of benzene rings is 2. The Morgan fingerprint density at radius 2 is 1.88 bits per heavy atom. The number of halogens is 3. The molecule has 0 atom stereocenters. The first-order chi connectivity index (χ1) is 19.8. The van der Waals surface area contributed by atoms with Crippen LogP contribution in [-0.2, 0) is 16.1 Å². The van der Waals surface area contributed by atoms with Crippen LogP contribution in [0, 0.1) is 0 Å². The van der Waals surface area contributed by atoms with Gasteiger partial charge in [0.25, 0.3) is 0 Å². The molecule has 0 fully saturated rings. The average Bonchev–Trinajstić information content (AvgIpc) is 3.38. The summed E-state index contributed by atoms with van der Waals surface area (Å²) in [4.78, 5) is 24.0. The number of urea groups is 1. The number of imidazole rings is 1. The van der Waals surface area contributed by atoms with Crippen LogP contribution in [0.15, 0.2) is 84.3 Å². The van der Waals surface area contributed by atoms with Crippen LogP contribution >= 0.6 is 0 Å². The largest absolute Gasteiger partial charge is 0.405 e. The highest BCUT2D eigenvalue weighted by atomic mass is 19.4. The summed E-state index contributed by atoms with van der Waals surface area (Å²) in [6, 6.07) is 19.7. The number of nitrogens with zero attached hydrogens (tertiary/aromatic N) is 4. The van der Waals surface area contributed by atoms with Crippen molar-refractivity contribution >= 4 is 23.6 Å². The number of fused-ring (bicyclic) bond motifs is 1. The lowest BCUT2D eigenvalue weighted by molar-refractivity contribution is -0.122. The number of alkyl halides is 3. The van der Waals surface area contributed by atoms with Gasteiger partial charge in [-0.15, -0.1) is 0 Å². The predicted octanol–water partition coefficient (Wildman–Crippen LogP) is 5.18. The van der Waals surface area contributed by atoms with Crippen molar-refractivity contribution in [3.05, 3.63) is 90.3 Å². The number of carbonyl (C=O) groups is 1. The third-order valence-electron chi connectivity index (χ3n) is 6.04. The molecule has 0 saturated carbocycles. The second-order valence-corrected chi connectivity index (χ2v) is 9.16. The molecule has 0 aliphatic carbocycles. The molecule has 2 aromatic heterocycles. The zero-order valence-corrected chi connectivity index (χ0v) is 22.5. The van der Waals surface area contributed by atoms with Gasteiger partial charge in [-0.3, -0.25) is 9.30 Å². The molecule has 4 rings (SSSR count). The van der Waals surface area contributed by atoms with Gasteiger partial charge >= 0.3 is 12.2 Å². The molecule has 2 heterocycles. The topological polar surface area (TPSA) is 92.5 Å². The number of hydrogen-bond donors (Lipinski definition) is 2. The lowest BCUT2D eigenvalue weighted by Gasteiger charge is -2.21. The zero-order chi connectivity index (χ0) is 29.1. The highest BCUT2D eigenvalue weighted by Gasteiger charge is 2.27. The van der Waals surface area contributed by atoms with E-state index in [9.17, 15) is 18.0 Å². The molecule has 4 aromatic rings. The molecule has 2 aromatic carbocycles. The van der Waals surface area contributed by atoms with E-state index in [1.807, 2.05) is 47.0 Å². The van der Waals surface area contributed by atoms with Crippen LogP contribution in [0.5, 0.6) is 0 Å². The molecule has 41 heavy (non-hydrogen) atoms. The second kappa shape index (κ2) is 14.3. The van der Waals surface area contributed by atoms with Crippen molar-refractivity contribution in [2.75, 3.05) is 45.3 Å². The van der Waals surface area contributed by atoms with Gasteiger partial charge in [-0.05, 0) is 29.8 Å². The number of nitrogens with one attached hydrogen (secondary N) is 2. The van der Waals surface area contributed by atoms with Gasteiger partial charge < -0.3 is 20.2 Å². The van der Waals surface area contributed by atoms with Crippen LogP contribution in [0.4, 0.5) is 23.7 Å². The molecule has 0 aliphatic rings. The summed E-state index contributed by atoms with van der Waals surface area (Å²) >= 11 is 0. The minimum Gasteiger partial charge on any atom is -0.394 e. The van der Waals surface area contributed by atoms with Gasteiger partial charge in [0.15, 0.2) is 0 Å². The summed E-state index contributed by atoms with van der Waals surface area (Å²) in [5.41, 5.74) is 4.50. The number of carbonyl (C=O) groups excluding carboxylic acids is 1. The maximum Gasteiger partial charge on any atom is 0.405 e. The molecule has 9 nitrogen and oxygen atoms in total. The third-order valence-corrected chi connectivity index (χ3v) is 6.04. The number of ether oxygens (including phenoxy) is 1. The Morgan fingerprint density at radius 1 is 1.07 bits per heavy atom. The van der Waals surface area contributed by atoms with Crippen LogP contribution < -0.4 is 10.6 Å². The summed E-state index contributed by atoms with van der Waals surface area (Å²) < 4.78 is 44.1. The van der Waals surface area contributed by atoms with E-state index in [0.29, 0.717) is 31.1 Å². The van der Waals surface area contributed by atoms with E-state index in [0.717, 1.165) is 29.9 Å². The van der Waals surface area contributed by atoms with Gasteiger partial charge in [0.05, 0.1) is 24.7 Å².